The molecule has 0 unspecified atom stereocenters. The Balaban J connectivity index is 1.94. The number of allylic oxidation sites excluding steroid dienone is 1. The number of benzene rings is 1. The number of hydrogen-bond donors (Lipinski definition) is 0. The average Bonchev–Trinajstić information content (AvgIpc) is 2.80. The van der Waals surface area contributed by atoms with Crippen LogP contribution < -0.4 is 0 Å². The van der Waals surface area contributed by atoms with Crippen LogP contribution in [-0.4, -0.2) is 29.8 Å². The monoisotopic (exact) mass is 315 g/mol. The molecule has 3 rings (SSSR count). The molecule has 1 heterocycles. The number of methoxy groups -OCH3 is 1. The summed E-state index contributed by atoms with van der Waals surface area (Å²) in [5.41, 5.74) is 0.851. The second-order valence-electron chi connectivity index (χ2n) is 5.30. The summed E-state index contributed by atoms with van der Waals surface area (Å²) in [4.78, 5) is 37.6. The molecular weight excluding hydrogens is 301 g/mol. The van der Waals surface area contributed by atoms with Crippen molar-refractivity contribution in [1.82, 2.24) is 4.90 Å². The van der Waals surface area contributed by atoms with Gasteiger partial charge in [0.1, 0.15) is 11.4 Å². The minimum atomic E-state index is -0.838. The van der Waals surface area contributed by atoms with Crippen LogP contribution in [0.2, 0.25) is 0 Å². The van der Waals surface area contributed by atoms with Crippen LogP contribution in [0.5, 0.6) is 0 Å². The summed E-state index contributed by atoms with van der Waals surface area (Å²) in [7, 11) is 1.15. The molecule has 0 N–H and O–H groups in total. The van der Waals surface area contributed by atoms with Crippen LogP contribution in [0.15, 0.2) is 41.5 Å². The van der Waals surface area contributed by atoms with E-state index in [1.165, 1.54) is 12.1 Å². The van der Waals surface area contributed by atoms with Gasteiger partial charge >= 0.3 is 5.97 Å². The van der Waals surface area contributed by atoms with Gasteiger partial charge in [-0.25, -0.2) is 9.18 Å². The first kappa shape index (κ1) is 15.1. The van der Waals surface area contributed by atoms with Crippen molar-refractivity contribution >= 4 is 17.8 Å². The third-order valence-electron chi connectivity index (χ3n) is 3.97. The molecule has 0 radical (unpaired) electrons. The van der Waals surface area contributed by atoms with Crippen LogP contribution in [0.3, 0.4) is 0 Å². The van der Waals surface area contributed by atoms with E-state index in [0.29, 0.717) is 24.0 Å². The Labute approximate surface area is 132 Å². The molecule has 0 atom stereocenters. The molecule has 118 valence electrons. The molecule has 0 fully saturated rings. The number of carbonyl (C=O) groups is 3. The van der Waals surface area contributed by atoms with Gasteiger partial charge in [0.15, 0.2) is 0 Å². The van der Waals surface area contributed by atoms with Crippen molar-refractivity contribution in [1.29, 1.82) is 0 Å². The number of imide groups is 1. The molecule has 2 aliphatic rings. The zero-order chi connectivity index (χ0) is 16.6. The molecule has 23 heavy (non-hydrogen) atoms. The Bertz CT molecular complexity index is 779. The van der Waals surface area contributed by atoms with E-state index >= 15 is 0 Å². The maximum Gasteiger partial charge on any atom is 0.341 e. The molecule has 1 aromatic rings. The van der Waals surface area contributed by atoms with E-state index in [2.05, 4.69) is 4.74 Å². The highest BCUT2D eigenvalue weighted by atomic mass is 19.1. The SMILES string of the molecule is COC(=O)c1c(F)cccc1CN1C(=O)C2=C(CCC=C2)C1=O. The maximum absolute atomic E-state index is 13.9. The van der Waals surface area contributed by atoms with Crippen molar-refractivity contribution in [3.05, 3.63) is 58.4 Å². The van der Waals surface area contributed by atoms with Crippen LogP contribution in [0.1, 0.15) is 28.8 Å². The number of halogens is 1. The van der Waals surface area contributed by atoms with Crippen LogP contribution in [0.4, 0.5) is 4.39 Å². The number of rotatable bonds is 3. The minimum absolute atomic E-state index is 0.166. The van der Waals surface area contributed by atoms with E-state index in [4.69, 9.17) is 0 Å². The Morgan fingerprint density at radius 1 is 1.30 bits per heavy atom. The number of amides is 2. The molecule has 5 nitrogen and oxygen atoms in total. The number of nitrogens with zero attached hydrogens (tertiary/aromatic N) is 1. The summed E-state index contributed by atoms with van der Waals surface area (Å²) in [6.07, 6.45) is 4.71. The van der Waals surface area contributed by atoms with E-state index in [0.717, 1.165) is 18.1 Å². The quantitative estimate of drug-likeness (QED) is 0.633. The van der Waals surface area contributed by atoms with E-state index in [1.54, 1.807) is 6.08 Å². The second-order valence-corrected chi connectivity index (χ2v) is 5.30. The van der Waals surface area contributed by atoms with Crippen LogP contribution in [0.25, 0.3) is 0 Å². The molecule has 1 aliphatic heterocycles. The first-order valence-electron chi connectivity index (χ1n) is 7.16. The van der Waals surface area contributed by atoms with Gasteiger partial charge in [0.25, 0.3) is 11.8 Å². The number of esters is 1. The van der Waals surface area contributed by atoms with Crippen molar-refractivity contribution in [2.24, 2.45) is 0 Å². The molecule has 1 aromatic carbocycles. The summed E-state index contributed by atoms with van der Waals surface area (Å²) in [5, 5.41) is 0. The van der Waals surface area contributed by atoms with Gasteiger partial charge in [0, 0.05) is 11.1 Å². The van der Waals surface area contributed by atoms with Gasteiger partial charge in [-0.15, -0.1) is 0 Å². The van der Waals surface area contributed by atoms with Crippen molar-refractivity contribution in [2.75, 3.05) is 7.11 Å². The minimum Gasteiger partial charge on any atom is -0.465 e. The number of hydrogen-bond acceptors (Lipinski definition) is 4. The fourth-order valence-corrected chi connectivity index (χ4v) is 2.83. The van der Waals surface area contributed by atoms with Crippen LogP contribution in [-0.2, 0) is 20.9 Å². The standard InChI is InChI=1S/C17H14FNO4/c1-23-17(22)14-10(5-4-8-13(14)18)9-19-15(20)11-6-2-3-7-12(11)16(19)21/h2,4-6,8H,3,7,9H2,1H3. The molecule has 0 saturated carbocycles. The Hall–Kier alpha value is -2.76. The molecule has 6 heteroatoms. The summed E-state index contributed by atoms with van der Waals surface area (Å²) in [6.45, 7) is -0.166. The fourth-order valence-electron chi connectivity index (χ4n) is 2.83. The van der Waals surface area contributed by atoms with Crippen molar-refractivity contribution in [3.63, 3.8) is 0 Å². The lowest BCUT2D eigenvalue weighted by Crippen LogP contribution is -2.32. The normalized spacial score (nSPS) is 16.9. The summed E-state index contributed by atoms with van der Waals surface area (Å²) >= 11 is 0. The molecule has 1 aliphatic carbocycles. The van der Waals surface area contributed by atoms with Gasteiger partial charge in [-0.3, -0.25) is 14.5 Å². The van der Waals surface area contributed by atoms with Crippen LogP contribution >= 0.6 is 0 Å². The average molecular weight is 315 g/mol. The van der Waals surface area contributed by atoms with Gasteiger partial charge < -0.3 is 4.74 Å². The molecule has 0 saturated heterocycles. The highest BCUT2D eigenvalue weighted by Gasteiger charge is 2.38. The van der Waals surface area contributed by atoms with Gasteiger partial charge in [-0.05, 0) is 24.5 Å². The lowest BCUT2D eigenvalue weighted by molar-refractivity contribution is -0.138. The van der Waals surface area contributed by atoms with Gasteiger partial charge in [-0.1, -0.05) is 24.3 Å². The first-order valence-corrected chi connectivity index (χ1v) is 7.16. The maximum atomic E-state index is 13.9. The fraction of sp³-hybridized carbons (Fsp3) is 0.235. The van der Waals surface area contributed by atoms with Crippen molar-refractivity contribution in [3.8, 4) is 0 Å². The summed E-state index contributed by atoms with van der Waals surface area (Å²) in [5.74, 6) is -2.38. The van der Waals surface area contributed by atoms with Crippen molar-refractivity contribution in [2.45, 2.75) is 19.4 Å². The van der Waals surface area contributed by atoms with Gasteiger partial charge in [0.2, 0.25) is 0 Å². The zero-order valence-electron chi connectivity index (χ0n) is 12.5. The highest BCUT2D eigenvalue weighted by molar-refractivity contribution is 6.20. The third kappa shape index (κ3) is 2.46. The Morgan fingerprint density at radius 2 is 2.09 bits per heavy atom. The lowest BCUT2D eigenvalue weighted by Gasteiger charge is -2.17. The zero-order valence-corrected chi connectivity index (χ0v) is 12.5. The summed E-state index contributed by atoms with van der Waals surface area (Å²) in [6, 6.07) is 4.06. The first-order chi connectivity index (χ1) is 11.0. The molecule has 0 aromatic heterocycles. The third-order valence-corrected chi connectivity index (χ3v) is 3.97. The molecule has 0 bridgehead atoms. The highest BCUT2D eigenvalue weighted by Crippen LogP contribution is 2.30. The van der Waals surface area contributed by atoms with E-state index in [-0.39, 0.29) is 23.6 Å². The lowest BCUT2D eigenvalue weighted by atomic mass is 10.00. The topological polar surface area (TPSA) is 63.7 Å². The molecule has 2 amide bonds. The second kappa shape index (κ2) is 5.79. The molecule has 0 spiro atoms. The Kier molecular flexibility index (Phi) is 3.82. The Morgan fingerprint density at radius 3 is 2.78 bits per heavy atom. The summed E-state index contributed by atoms with van der Waals surface area (Å²) < 4.78 is 18.5. The predicted molar refractivity (Wildman–Crippen MR) is 78.7 cm³/mol. The number of ether oxygens (including phenoxy) is 1. The largest absolute Gasteiger partial charge is 0.465 e. The van der Waals surface area contributed by atoms with Crippen molar-refractivity contribution < 1.29 is 23.5 Å². The number of carbonyl (C=O) groups excluding carboxylic acids is 3. The van der Waals surface area contributed by atoms with Gasteiger partial charge in [0.05, 0.1) is 13.7 Å². The van der Waals surface area contributed by atoms with E-state index in [9.17, 15) is 18.8 Å². The predicted octanol–water partition coefficient (Wildman–Crippen LogP) is 2.13. The smallest absolute Gasteiger partial charge is 0.341 e. The van der Waals surface area contributed by atoms with Crippen LogP contribution in [0, 0.1) is 5.82 Å². The van der Waals surface area contributed by atoms with E-state index < -0.39 is 17.7 Å². The van der Waals surface area contributed by atoms with Gasteiger partial charge in [-0.2, -0.15) is 0 Å². The molecular formula is C17H14FNO4. The van der Waals surface area contributed by atoms with E-state index in [1.807, 2.05) is 6.08 Å².